The molecule has 1 amide bonds. The van der Waals surface area contributed by atoms with Gasteiger partial charge < -0.3 is 4.90 Å². The monoisotopic (exact) mass is 410 g/mol. The Bertz CT molecular complexity index is 1070. The molecule has 1 aliphatic heterocycles. The van der Waals surface area contributed by atoms with Crippen molar-refractivity contribution in [3.63, 3.8) is 0 Å². The second-order valence-electron chi connectivity index (χ2n) is 8.04. The van der Waals surface area contributed by atoms with Crippen molar-refractivity contribution in [3.05, 3.63) is 63.7 Å². The Hall–Kier alpha value is -2.67. The van der Waals surface area contributed by atoms with E-state index in [2.05, 4.69) is 21.5 Å². The summed E-state index contributed by atoms with van der Waals surface area (Å²) >= 11 is 6.38. The van der Waals surface area contributed by atoms with Crippen molar-refractivity contribution in [1.82, 2.24) is 29.7 Å². The number of aromatic nitrogens is 5. The minimum absolute atomic E-state index is 0.0299. The van der Waals surface area contributed by atoms with Crippen LogP contribution in [0.3, 0.4) is 0 Å². The zero-order valence-electron chi connectivity index (χ0n) is 16.5. The van der Waals surface area contributed by atoms with Crippen LogP contribution in [0, 0.1) is 5.92 Å². The van der Waals surface area contributed by atoms with Crippen LogP contribution in [0.25, 0.3) is 0 Å². The van der Waals surface area contributed by atoms with E-state index in [1.807, 2.05) is 41.9 Å². The Labute approximate surface area is 174 Å². The molecule has 2 atom stereocenters. The fraction of sp³-hybridized carbons (Fsp3) is 0.429. The first-order valence-electron chi connectivity index (χ1n) is 9.96. The maximum absolute atomic E-state index is 13.3. The maximum atomic E-state index is 13.3. The second kappa shape index (κ2) is 6.99. The van der Waals surface area contributed by atoms with E-state index >= 15 is 0 Å². The topological polar surface area (TPSA) is 68.8 Å². The zero-order chi connectivity index (χ0) is 20.1. The van der Waals surface area contributed by atoms with Crippen molar-refractivity contribution >= 4 is 17.5 Å². The maximum Gasteiger partial charge on any atom is 0.254 e. The van der Waals surface area contributed by atoms with Gasteiger partial charge in [-0.2, -0.15) is 5.10 Å². The van der Waals surface area contributed by atoms with Gasteiger partial charge in [-0.05, 0) is 36.8 Å². The Balaban J connectivity index is 1.44. The molecule has 0 N–H and O–H groups in total. The number of rotatable bonds is 4. The number of fused-ring (bicyclic) bond motifs is 2. The molecular formula is C21H23ClN6O. The molecule has 5 rings (SSSR count). The summed E-state index contributed by atoms with van der Waals surface area (Å²) in [5, 5.41) is 13.3. The minimum atomic E-state index is -0.0299. The van der Waals surface area contributed by atoms with E-state index in [9.17, 15) is 4.79 Å². The van der Waals surface area contributed by atoms with Crippen molar-refractivity contribution in [2.24, 2.45) is 20.0 Å². The van der Waals surface area contributed by atoms with Crippen LogP contribution >= 0.6 is 11.6 Å². The zero-order valence-corrected chi connectivity index (χ0v) is 17.3. The lowest BCUT2D eigenvalue weighted by Gasteiger charge is -2.31. The predicted octanol–water partition coefficient (Wildman–Crippen LogP) is 2.75. The third-order valence-electron chi connectivity index (χ3n) is 6.33. The molecule has 1 aliphatic carbocycles. The number of aryl methyl sites for hydroxylation is 3. The molecule has 8 heteroatoms. The smallest absolute Gasteiger partial charge is 0.254 e. The van der Waals surface area contributed by atoms with E-state index in [1.54, 1.807) is 10.9 Å². The lowest BCUT2D eigenvalue weighted by atomic mass is 9.88. The van der Waals surface area contributed by atoms with E-state index in [-0.39, 0.29) is 11.9 Å². The summed E-state index contributed by atoms with van der Waals surface area (Å²) in [6.07, 6.45) is 5.16. The number of carbonyl (C=O) groups excluding carboxylic acids is 1. The standard InChI is InChI=1S/C21H23ClN6O/c1-26-19(16(22)11-23-26)10-18-14-5-3-4-6-15(14)21(29)28(18)12-13-7-8-17-20(9-13)27(2)25-24-17/h3-6,11,13,18H,7-10,12H2,1-2H3/t13-,18+/m1/s1. The van der Waals surface area contributed by atoms with Gasteiger partial charge in [-0.3, -0.25) is 14.2 Å². The molecule has 0 spiro atoms. The van der Waals surface area contributed by atoms with Gasteiger partial charge in [0.15, 0.2) is 0 Å². The van der Waals surface area contributed by atoms with Crippen LogP contribution in [0.1, 0.15) is 45.5 Å². The summed E-state index contributed by atoms with van der Waals surface area (Å²) < 4.78 is 3.68. The molecule has 0 radical (unpaired) electrons. The van der Waals surface area contributed by atoms with E-state index in [0.29, 0.717) is 17.4 Å². The molecular weight excluding hydrogens is 388 g/mol. The third kappa shape index (κ3) is 3.04. The van der Waals surface area contributed by atoms with Crippen LogP contribution in [0.2, 0.25) is 5.02 Å². The molecule has 2 aromatic heterocycles. The normalized spacial score (nSPS) is 20.8. The Morgan fingerprint density at radius 3 is 2.83 bits per heavy atom. The number of halogens is 1. The van der Waals surface area contributed by atoms with Crippen LogP contribution in [-0.2, 0) is 33.4 Å². The summed E-state index contributed by atoms with van der Waals surface area (Å²) in [5.41, 5.74) is 5.12. The summed E-state index contributed by atoms with van der Waals surface area (Å²) in [5.74, 6) is 0.500. The largest absolute Gasteiger partial charge is 0.331 e. The highest BCUT2D eigenvalue weighted by Gasteiger charge is 2.39. The van der Waals surface area contributed by atoms with Crippen molar-refractivity contribution in [2.45, 2.75) is 31.7 Å². The first-order chi connectivity index (χ1) is 14.0. The number of benzene rings is 1. The number of hydrogen-bond donors (Lipinski definition) is 0. The van der Waals surface area contributed by atoms with Gasteiger partial charge in [-0.25, -0.2) is 0 Å². The van der Waals surface area contributed by atoms with Gasteiger partial charge in [0.2, 0.25) is 0 Å². The quantitative estimate of drug-likeness (QED) is 0.663. The van der Waals surface area contributed by atoms with E-state index in [4.69, 9.17) is 11.6 Å². The molecule has 1 aromatic carbocycles. The first kappa shape index (κ1) is 18.4. The highest BCUT2D eigenvalue weighted by molar-refractivity contribution is 6.31. The Morgan fingerprint density at radius 2 is 2.03 bits per heavy atom. The molecule has 150 valence electrons. The van der Waals surface area contributed by atoms with Gasteiger partial charge >= 0.3 is 0 Å². The first-order valence-corrected chi connectivity index (χ1v) is 10.3. The predicted molar refractivity (Wildman–Crippen MR) is 109 cm³/mol. The van der Waals surface area contributed by atoms with Gasteiger partial charge in [0.05, 0.1) is 34.3 Å². The summed E-state index contributed by atoms with van der Waals surface area (Å²) in [4.78, 5) is 15.3. The molecule has 0 unspecified atom stereocenters. The van der Waals surface area contributed by atoms with E-state index in [0.717, 1.165) is 48.3 Å². The number of carbonyl (C=O) groups is 1. The van der Waals surface area contributed by atoms with Crippen LogP contribution in [0.15, 0.2) is 30.5 Å². The molecule has 3 aromatic rings. The molecule has 0 saturated heterocycles. The Kier molecular flexibility index (Phi) is 4.42. The molecule has 7 nitrogen and oxygen atoms in total. The summed E-state index contributed by atoms with van der Waals surface area (Å²) in [6, 6.07) is 7.90. The number of hydrogen-bond acceptors (Lipinski definition) is 4. The second-order valence-corrected chi connectivity index (χ2v) is 8.45. The van der Waals surface area contributed by atoms with Crippen LogP contribution in [0.4, 0.5) is 0 Å². The van der Waals surface area contributed by atoms with Gasteiger partial charge in [-0.1, -0.05) is 35.0 Å². The van der Waals surface area contributed by atoms with Gasteiger partial charge in [-0.15, -0.1) is 5.10 Å². The van der Waals surface area contributed by atoms with E-state index < -0.39 is 0 Å². The van der Waals surface area contributed by atoms with E-state index in [1.165, 1.54) is 5.69 Å². The average Bonchev–Trinajstić information content (AvgIpc) is 3.34. The van der Waals surface area contributed by atoms with Crippen LogP contribution in [0.5, 0.6) is 0 Å². The third-order valence-corrected chi connectivity index (χ3v) is 6.65. The van der Waals surface area contributed by atoms with Crippen molar-refractivity contribution < 1.29 is 4.79 Å². The van der Waals surface area contributed by atoms with Gasteiger partial charge in [0.1, 0.15) is 0 Å². The molecule has 0 fully saturated rings. The lowest BCUT2D eigenvalue weighted by Crippen LogP contribution is -2.36. The number of amides is 1. The highest BCUT2D eigenvalue weighted by atomic mass is 35.5. The van der Waals surface area contributed by atoms with Gasteiger partial charge in [0, 0.05) is 32.6 Å². The van der Waals surface area contributed by atoms with Crippen molar-refractivity contribution in [2.75, 3.05) is 6.54 Å². The molecule has 29 heavy (non-hydrogen) atoms. The molecule has 2 aliphatic rings. The fourth-order valence-corrected chi connectivity index (χ4v) is 4.98. The molecule has 0 saturated carbocycles. The highest BCUT2D eigenvalue weighted by Crippen LogP contribution is 2.38. The van der Waals surface area contributed by atoms with Gasteiger partial charge in [0.25, 0.3) is 5.91 Å². The van der Waals surface area contributed by atoms with Crippen molar-refractivity contribution in [3.8, 4) is 0 Å². The SMILES string of the molecule is Cn1ncc(Cl)c1C[C@H]1c2ccccc2C(=O)N1C[C@@H]1CCc2nnn(C)c2C1. The Morgan fingerprint density at radius 1 is 1.21 bits per heavy atom. The summed E-state index contributed by atoms with van der Waals surface area (Å²) in [6.45, 7) is 0.721. The summed E-state index contributed by atoms with van der Waals surface area (Å²) in [7, 11) is 3.84. The molecule has 0 bridgehead atoms. The minimum Gasteiger partial charge on any atom is -0.331 e. The fourth-order valence-electron chi connectivity index (χ4n) is 4.74. The lowest BCUT2D eigenvalue weighted by molar-refractivity contribution is 0.0681. The van der Waals surface area contributed by atoms with Crippen molar-refractivity contribution in [1.29, 1.82) is 0 Å². The van der Waals surface area contributed by atoms with Crippen LogP contribution < -0.4 is 0 Å². The molecule has 3 heterocycles. The van der Waals surface area contributed by atoms with Crippen LogP contribution in [-0.4, -0.2) is 42.1 Å². The average molecular weight is 411 g/mol. The number of nitrogens with zero attached hydrogens (tertiary/aromatic N) is 6.